The molecule has 0 spiro atoms. The number of amides is 1. The van der Waals surface area contributed by atoms with Gasteiger partial charge in [0, 0.05) is 13.6 Å². The Morgan fingerprint density at radius 2 is 2.23 bits per heavy atom. The lowest BCUT2D eigenvalue weighted by Gasteiger charge is -2.08. The molecule has 0 saturated carbocycles. The highest BCUT2D eigenvalue weighted by Crippen LogP contribution is 2.22. The molecular weight excluding hydrogens is 356 g/mol. The second-order valence-electron chi connectivity index (χ2n) is 4.60. The van der Waals surface area contributed by atoms with E-state index in [2.05, 4.69) is 31.4 Å². The molecule has 0 bridgehead atoms. The fourth-order valence-electron chi connectivity index (χ4n) is 2.20. The monoisotopic (exact) mass is 370 g/mol. The fraction of sp³-hybridized carbons (Fsp3) is 0.417. The summed E-state index contributed by atoms with van der Waals surface area (Å²) in [6, 6.07) is 0. The lowest BCUT2D eigenvalue weighted by molar-refractivity contribution is -0.385. The first-order valence-electron chi connectivity index (χ1n) is 6.53. The van der Waals surface area contributed by atoms with Gasteiger partial charge in [-0.05, 0) is 29.8 Å². The maximum Gasteiger partial charge on any atom is 0.322 e. The third-order valence-electron chi connectivity index (χ3n) is 3.20. The maximum absolute atomic E-state index is 12.3. The van der Waals surface area contributed by atoms with Gasteiger partial charge in [-0.25, -0.2) is 0 Å². The highest BCUT2D eigenvalue weighted by molar-refractivity contribution is 9.10. The summed E-state index contributed by atoms with van der Waals surface area (Å²) in [5.41, 5.74) is 0.652. The first-order valence-corrected chi connectivity index (χ1v) is 7.32. The Balaban J connectivity index is 2.24. The SMILES string of the molecule is CCn1ncc(Br)c1CNC(=O)c1c([N+](=O)[O-])c(C)nn1C. The molecule has 118 valence electrons. The Labute approximate surface area is 134 Å². The summed E-state index contributed by atoms with van der Waals surface area (Å²) in [5, 5.41) is 21.9. The van der Waals surface area contributed by atoms with Crippen molar-refractivity contribution in [3.8, 4) is 0 Å². The second kappa shape index (κ2) is 6.26. The molecule has 2 aromatic rings. The summed E-state index contributed by atoms with van der Waals surface area (Å²) < 4.78 is 3.72. The molecule has 0 unspecified atom stereocenters. The zero-order chi connectivity index (χ0) is 16.4. The van der Waals surface area contributed by atoms with Crippen LogP contribution in [0.2, 0.25) is 0 Å². The first-order chi connectivity index (χ1) is 10.4. The average molecular weight is 371 g/mol. The number of nitrogens with one attached hydrogen (secondary N) is 1. The molecule has 2 rings (SSSR count). The molecule has 9 nitrogen and oxygen atoms in total. The number of aryl methyl sites for hydroxylation is 3. The molecule has 0 aromatic carbocycles. The Hall–Kier alpha value is -2.23. The van der Waals surface area contributed by atoms with Crippen LogP contribution in [0, 0.1) is 17.0 Å². The van der Waals surface area contributed by atoms with Gasteiger partial charge in [-0.15, -0.1) is 0 Å². The van der Waals surface area contributed by atoms with E-state index >= 15 is 0 Å². The lowest BCUT2D eigenvalue weighted by Crippen LogP contribution is -2.27. The van der Waals surface area contributed by atoms with Gasteiger partial charge in [0.15, 0.2) is 0 Å². The van der Waals surface area contributed by atoms with E-state index in [4.69, 9.17) is 0 Å². The normalized spacial score (nSPS) is 10.7. The van der Waals surface area contributed by atoms with Gasteiger partial charge in [-0.3, -0.25) is 24.3 Å². The highest BCUT2D eigenvalue weighted by Gasteiger charge is 2.29. The summed E-state index contributed by atoms with van der Waals surface area (Å²) in [5.74, 6) is -0.550. The topological polar surface area (TPSA) is 108 Å². The number of rotatable bonds is 5. The van der Waals surface area contributed by atoms with Crippen molar-refractivity contribution in [3.05, 3.63) is 37.9 Å². The molecule has 2 aromatic heterocycles. The first kappa shape index (κ1) is 16.1. The van der Waals surface area contributed by atoms with Crippen molar-refractivity contribution in [2.75, 3.05) is 0 Å². The van der Waals surface area contributed by atoms with Crippen molar-refractivity contribution in [3.63, 3.8) is 0 Å². The molecule has 0 aliphatic heterocycles. The number of hydrogen-bond donors (Lipinski definition) is 1. The van der Waals surface area contributed by atoms with Crippen molar-refractivity contribution in [2.45, 2.75) is 26.9 Å². The number of halogens is 1. The van der Waals surface area contributed by atoms with Crippen molar-refractivity contribution in [1.29, 1.82) is 0 Å². The van der Waals surface area contributed by atoms with Gasteiger partial charge in [0.2, 0.25) is 5.69 Å². The number of carbonyl (C=O) groups excluding carboxylic acids is 1. The zero-order valence-corrected chi connectivity index (χ0v) is 13.9. The molecule has 0 aliphatic carbocycles. The van der Waals surface area contributed by atoms with Gasteiger partial charge in [0.25, 0.3) is 5.91 Å². The van der Waals surface area contributed by atoms with E-state index in [1.54, 1.807) is 10.9 Å². The minimum Gasteiger partial charge on any atom is -0.345 e. The molecule has 0 atom stereocenters. The van der Waals surface area contributed by atoms with Crippen LogP contribution >= 0.6 is 15.9 Å². The van der Waals surface area contributed by atoms with Gasteiger partial charge in [0.1, 0.15) is 5.69 Å². The predicted octanol–water partition coefficient (Wildman–Crippen LogP) is 1.55. The van der Waals surface area contributed by atoms with Crippen molar-refractivity contribution < 1.29 is 9.72 Å². The van der Waals surface area contributed by atoms with E-state index in [-0.39, 0.29) is 23.6 Å². The van der Waals surface area contributed by atoms with Gasteiger partial charge >= 0.3 is 5.69 Å². The molecule has 1 amide bonds. The van der Waals surface area contributed by atoms with E-state index in [9.17, 15) is 14.9 Å². The quantitative estimate of drug-likeness (QED) is 0.634. The van der Waals surface area contributed by atoms with Gasteiger partial charge in [0.05, 0.1) is 27.8 Å². The summed E-state index contributed by atoms with van der Waals surface area (Å²) in [7, 11) is 1.50. The van der Waals surface area contributed by atoms with E-state index in [0.717, 1.165) is 10.2 Å². The molecule has 0 radical (unpaired) electrons. The van der Waals surface area contributed by atoms with Crippen LogP contribution in [0.15, 0.2) is 10.7 Å². The largest absolute Gasteiger partial charge is 0.345 e. The van der Waals surface area contributed by atoms with Crippen LogP contribution < -0.4 is 5.32 Å². The number of aromatic nitrogens is 4. The van der Waals surface area contributed by atoms with Crippen molar-refractivity contribution >= 4 is 27.5 Å². The van der Waals surface area contributed by atoms with Crippen LogP contribution in [-0.4, -0.2) is 30.4 Å². The molecule has 2 heterocycles. The molecule has 22 heavy (non-hydrogen) atoms. The van der Waals surface area contributed by atoms with E-state index in [0.29, 0.717) is 6.54 Å². The highest BCUT2D eigenvalue weighted by atomic mass is 79.9. The van der Waals surface area contributed by atoms with Crippen molar-refractivity contribution in [2.24, 2.45) is 7.05 Å². The van der Waals surface area contributed by atoms with Crippen LogP contribution in [0.1, 0.15) is 28.8 Å². The summed E-state index contributed by atoms with van der Waals surface area (Å²) in [4.78, 5) is 22.8. The van der Waals surface area contributed by atoms with Crippen molar-refractivity contribution in [1.82, 2.24) is 24.9 Å². The Morgan fingerprint density at radius 1 is 1.55 bits per heavy atom. The Kier molecular flexibility index (Phi) is 4.59. The number of hydrogen-bond acceptors (Lipinski definition) is 5. The molecule has 10 heteroatoms. The Morgan fingerprint density at radius 3 is 2.82 bits per heavy atom. The van der Waals surface area contributed by atoms with Gasteiger partial charge < -0.3 is 5.32 Å². The number of nitro groups is 1. The van der Waals surface area contributed by atoms with Crippen LogP contribution in [0.25, 0.3) is 0 Å². The zero-order valence-electron chi connectivity index (χ0n) is 12.3. The predicted molar refractivity (Wildman–Crippen MR) is 81.4 cm³/mol. The summed E-state index contributed by atoms with van der Waals surface area (Å²) in [6.45, 7) is 4.29. The minimum atomic E-state index is -0.594. The minimum absolute atomic E-state index is 0.0683. The fourth-order valence-corrected chi connectivity index (χ4v) is 2.64. The van der Waals surface area contributed by atoms with E-state index in [1.165, 1.54) is 18.7 Å². The van der Waals surface area contributed by atoms with Crippen LogP contribution in [0.4, 0.5) is 5.69 Å². The number of nitrogens with zero attached hydrogens (tertiary/aromatic N) is 5. The standard InChI is InChI=1S/C12H15BrN6O3/c1-4-18-9(8(13)5-15-18)6-14-12(20)11-10(19(21)22)7(2)16-17(11)3/h5H,4,6H2,1-3H3,(H,14,20). The van der Waals surface area contributed by atoms with Gasteiger partial charge in [-0.2, -0.15) is 10.2 Å². The van der Waals surface area contributed by atoms with E-state index < -0.39 is 10.8 Å². The summed E-state index contributed by atoms with van der Waals surface area (Å²) >= 11 is 3.36. The third kappa shape index (κ3) is 2.86. The average Bonchev–Trinajstić information content (AvgIpc) is 2.95. The van der Waals surface area contributed by atoms with Crippen LogP contribution in [0.3, 0.4) is 0 Å². The molecular formula is C12H15BrN6O3. The molecule has 0 saturated heterocycles. The van der Waals surface area contributed by atoms with Crippen LogP contribution in [0.5, 0.6) is 0 Å². The molecule has 1 N–H and O–H groups in total. The molecule has 0 aliphatic rings. The summed E-state index contributed by atoms with van der Waals surface area (Å²) in [6.07, 6.45) is 1.64. The molecule has 0 fully saturated rings. The Bertz CT molecular complexity index is 736. The maximum atomic E-state index is 12.3. The second-order valence-corrected chi connectivity index (χ2v) is 5.46. The lowest BCUT2D eigenvalue weighted by atomic mass is 10.3. The number of carbonyl (C=O) groups is 1. The smallest absolute Gasteiger partial charge is 0.322 e. The van der Waals surface area contributed by atoms with Crippen LogP contribution in [-0.2, 0) is 20.1 Å². The third-order valence-corrected chi connectivity index (χ3v) is 3.86. The van der Waals surface area contributed by atoms with E-state index in [1.807, 2.05) is 6.92 Å². The van der Waals surface area contributed by atoms with Gasteiger partial charge in [-0.1, -0.05) is 0 Å².